The van der Waals surface area contributed by atoms with Crippen LogP contribution in [0.15, 0.2) is 95.4 Å². The molecule has 35 heavy (non-hydrogen) atoms. The van der Waals surface area contributed by atoms with Crippen LogP contribution < -0.4 is 15.4 Å². The number of anilines is 1. The highest BCUT2D eigenvalue weighted by Gasteiger charge is 2.12. The predicted molar refractivity (Wildman–Crippen MR) is 132 cm³/mol. The van der Waals surface area contributed by atoms with E-state index >= 15 is 0 Å². The molecule has 0 atom stereocenters. The van der Waals surface area contributed by atoms with Gasteiger partial charge in [-0.25, -0.2) is 8.78 Å². The molecule has 0 saturated carbocycles. The molecule has 180 valence electrons. The Kier molecular flexibility index (Phi) is 7.72. The lowest BCUT2D eigenvalue weighted by molar-refractivity contribution is 0.161. The monoisotopic (exact) mass is 476 g/mol. The summed E-state index contributed by atoms with van der Waals surface area (Å²) in [5, 5.41) is 7.96. The Hall–Kier alpha value is -4.20. The average Bonchev–Trinajstić information content (AvgIpc) is 2.89. The van der Waals surface area contributed by atoms with E-state index in [1.54, 1.807) is 13.1 Å². The first kappa shape index (κ1) is 23.9. The molecule has 1 aromatic heterocycles. The summed E-state index contributed by atoms with van der Waals surface area (Å²) in [5.74, 6) is -0.981. The Morgan fingerprint density at radius 3 is 2.80 bits per heavy atom. The second-order valence-corrected chi connectivity index (χ2v) is 7.87. The maximum Gasteiger partial charge on any atom is 0.163 e. The minimum absolute atomic E-state index is 0.0402. The number of oxime groups is 1. The van der Waals surface area contributed by atoms with Gasteiger partial charge in [-0.15, -0.1) is 0 Å². The van der Waals surface area contributed by atoms with Crippen molar-refractivity contribution >= 4 is 11.4 Å². The lowest BCUT2D eigenvalue weighted by Gasteiger charge is -2.16. The van der Waals surface area contributed by atoms with Crippen LogP contribution >= 0.6 is 0 Å². The van der Waals surface area contributed by atoms with Gasteiger partial charge in [0.25, 0.3) is 0 Å². The molecule has 4 rings (SSSR count). The third-order valence-corrected chi connectivity index (χ3v) is 5.37. The number of rotatable bonds is 9. The zero-order valence-corrected chi connectivity index (χ0v) is 19.4. The number of aromatic nitrogens is 1. The Morgan fingerprint density at radius 1 is 1.20 bits per heavy atom. The standard InChI is InChI=1S/C27H26F2N4O2/c1-3-13-34-22-9-7-20(8-10-22)25-14-19(18-35-32-25)16-33-12-11-24(26(17-33)30-2)31-15-21-5-4-6-23(28)27(21)29/h3-12,14,17,30H,1,13,15-16,18H2,2H3. The first-order valence-corrected chi connectivity index (χ1v) is 11.1. The molecular formula is C27H26F2N4O2. The van der Waals surface area contributed by atoms with Crippen molar-refractivity contribution in [2.75, 3.05) is 25.6 Å². The number of hydrogen-bond acceptors (Lipinski definition) is 5. The van der Waals surface area contributed by atoms with E-state index < -0.39 is 11.6 Å². The van der Waals surface area contributed by atoms with Gasteiger partial charge in [-0.1, -0.05) is 29.9 Å². The fourth-order valence-electron chi connectivity index (χ4n) is 3.59. The van der Waals surface area contributed by atoms with Gasteiger partial charge >= 0.3 is 0 Å². The van der Waals surface area contributed by atoms with E-state index in [1.165, 1.54) is 12.1 Å². The lowest BCUT2D eigenvalue weighted by Crippen LogP contribution is -2.16. The third kappa shape index (κ3) is 6.03. The van der Waals surface area contributed by atoms with Crippen molar-refractivity contribution in [3.63, 3.8) is 0 Å². The zero-order valence-electron chi connectivity index (χ0n) is 19.4. The van der Waals surface area contributed by atoms with Crippen molar-refractivity contribution in [2.24, 2.45) is 10.1 Å². The zero-order chi connectivity index (χ0) is 24.6. The Labute approximate surface area is 202 Å². The molecule has 1 aliphatic rings. The quantitative estimate of drug-likeness (QED) is 0.450. The van der Waals surface area contributed by atoms with E-state index in [9.17, 15) is 8.78 Å². The van der Waals surface area contributed by atoms with Gasteiger partial charge in [0.1, 0.15) is 24.7 Å². The van der Waals surface area contributed by atoms with Gasteiger partial charge in [0.2, 0.25) is 0 Å². The highest BCUT2D eigenvalue weighted by Crippen LogP contribution is 2.17. The van der Waals surface area contributed by atoms with Crippen LogP contribution in [0.4, 0.5) is 14.5 Å². The minimum Gasteiger partial charge on any atom is -0.490 e. The van der Waals surface area contributed by atoms with E-state index in [1.807, 2.05) is 53.4 Å². The summed E-state index contributed by atoms with van der Waals surface area (Å²) in [5.41, 5.74) is 3.68. The third-order valence-electron chi connectivity index (χ3n) is 5.37. The van der Waals surface area contributed by atoms with E-state index in [2.05, 4.69) is 22.0 Å². The largest absolute Gasteiger partial charge is 0.490 e. The summed E-state index contributed by atoms with van der Waals surface area (Å²) in [6.45, 7) is 5.11. The highest BCUT2D eigenvalue weighted by atomic mass is 19.2. The van der Waals surface area contributed by atoms with E-state index in [-0.39, 0.29) is 12.1 Å². The summed E-state index contributed by atoms with van der Waals surface area (Å²) >= 11 is 0. The Morgan fingerprint density at radius 2 is 2.03 bits per heavy atom. The molecule has 6 nitrogen and oxygen atoms in total. The van der Waals surface area contributed by atoms with Crippen molar-refractivity contribution in [1.82, 2.24) is 4.57 Å². The number of pyridine rings is 1. The molecule has 2 heterocycles. The summed E-state index contributed by atoms with van der Waals surface area (Å²) < 4.78 is 34.9. The molecule has 0 saturated heterocycles. The van der Waals surface area contributed by atoms with E-state index in [4.69, 9.17) is 9.57 Å². The van der Waals surface area contributed by atoms with Crippen molar-refractivity contribution in [3.8, 4) is 5.75 Å². The van der Waals surface area contributed by atoms with E-state index in [0.29, 0.717) is 25.1 Å². The number of nitrogens with zero attached hydrogens (tertiary/aromatic N) is 3. The highest BCUT2D eigenvalue weighted by molar-refractivity contribution is 6.09. The molecule has 0 fully saturated rings. The number of ether oxygens (including phenoxy) is 1. The van der Waals surface area contributed by atoms with Gasteiger partial charge in [0.15, 0.2) is 11.6 Å². The molecule has 1 N–H and O–H groups in total. The minimum atomic E-state index is -0.875. The lowest BCUT2D eigenvalue weighted by atomic mass is 10.1. The Balaban J connectivity index is 1.48. The molecule has 8 heteroatoms. The normalized spacial score (nSPS) is 13.5. The van der Waals surface area contributed by atoms with Crippen LogP contribution in [0.3, 0.4) is 0 Å². The Bertz CT molecular complexity index is 1330. The van der Waals surface area contributed by atoms with Gasteiger partial charge in [-0.3, -0.25) is 4.99 Å². The van der Waals surface area contributed by atoms with Crippen molar-refractivity contribution in [3.05, 3.63) is 113 Å². The number of hydrogen-bond donors (Lipinski definition) is 1. The maximum absolute atomic E-state index is 13.9. The average molecular weight is 477 g/mol. The SMILES string of the molecule is C=CCOc1ccc(C2=NOCC(Cn3ccc(=NCc4cccc(F)c4F)c(NC)c3)=C2)cc1. The smallest absolute Gasteiger partial charge is 0.163 e. The predicted octanol–water partition coefficient (Wildman–Crippen LogP) is 4.83. The van der Waals surface area contributed by atoms with Gasteiger partial charge < -0.3 is 19.5 Å². The van der Waals surface area contributed by atoms with Crippen LogP contribution in [0.1, 0.15) is 11.1 Å². The number of benzene rings is 2. The van der Waals surface area contributed by atoms with Crippen LogP contribution in [-0.4, -0.2) is 30.5 Å². The molecule has 3 aromatic rings. The molecular weight excluding hydrogens is 450 g/mol. The van der Waals surface area contributed by atoms with Crippen LogP contribution in [0, 0.1) is 11.6 Å². The number of halogens is 2. The number of nitrogens with one attached hydrogen (secondary N) is 1. The van der Waals surface area contributed by atoms with Gasteiger partial charge in [0, 0.05) is 37.1 Å². The summed E-state index contributed by atoms with van der Waals surface area (Å²) in [6.07, 6.45) is 7.52. The molecule has 0 spiro atoms. The molecule has 0 amide bonds. The van der Waals surface area contributed by atoms with Gasteiger partial charge in [-0.2, -0.15) is 0 Å². The fraction of sp³-hybridized carbons (Fsp3) is 0.185. The summed E-state index contributed by atoms with van der Waals surface area (Å²) in [7, 11) is 1.79. The number of allylic oxidation sites excluding steroid dienone is 1. The van der Waals surface area contributed by atoms with Gasteiger partial charge in [0.05, 0.1) is 17.6 Å². The summed E-state index contributed by atoms with van der Waals surface area (Å²) in [6, 6.07) is 13.6. The van der Waals surface area contributed by atoms with Crippen molar-refractivity contribution < 1.29 is 18.4 Å². The summed E-state index contributed by atoms with van der Waals surface area (Å²) in [4.78, 5) is 9.92. The maximum atomic E-state index is 13.9. The van der Waals surface area contributed by atoms with Gasteiger partial charge in [-0.05, 0) is 48.0 Å². The second-order valence-electron chi connectivity index (χ2n) is 7.87. The molecule has 0 unspecified atom stereocenters. The van der Waals surface area contributed by atoms with Crippen molar-refractivity contribution in [1.29, 1.82) is 0 Å². The van der Waals surface area contributed by atoms with E-state index in [0.717, 1.165) is 34.4 Å². The van der Waals surface area contributed by atoms with Crippen molar-refractivity contribution in [2.45, 2.75) is 13.1 Å². The fourth-order valence-corrected chi connectivity index (χ4v) is 3.59. The topological polar surface area (TPSA) is 60.1 Å². The molecule has 0 bridgehead atoms. The molecule has 2 aromatic carbocycles. The first-order chi connectivity index (χ1) is 17.1. The molecule has 1 aliphatic heterocycles. The second kappa shape index (κ2) is 11.3. The molecule has 0 radical (unpaired) electrons. The molecule has 0 aliphatic carbocycles. The van der Waals surface area contributed by atoms with Crippen LogP contribution in [0.25, 0.3) is 0 Å². The van der Waals surface area contributed by atoms with Crippen LogP contribution in [-0.2, 0) is 17.9 Å². The first-order valence-electron chi connectivity index (χ1n) is 11.1. The van der Waals surface area contributed by atoms with Crippen LogP contribution in [0.5, 0.6) is 5.75 Å². The van der Waals surface area contributed by atoms with Crippen LogP contribution in [0.2, 0.25) is 0 Å².